The summed E-state index contributed by atoms with van der Waals surface area (Å²) in [6, 6.07) is 5.81. The van der Waals surface area contributed by atoms with E-state index < -0.39 is 19.5 Å². The van der Waals surface area contributed by atoms with Crippen molar-refractivity contribution in [3.8, 4) is 16.9 Å². The van der Waals surface area contributed by atoms with Gasteiger partial charge < -0.3 is 20.1 Å². The van der Waals surface area contributed by atoms with Gasteiger partial charge in [-0.25, -0.2) is 4.68 Å². The van der Waals surface area contributed by atoms with Crippen LogP contribution in [0.25, 0.3) is 11.1 Å². The highest BCUT2D eigenvalue weighted by molar-refractivity contribution is 5.98. The lowest BCUT2D eigenvalue weighted by molar-refractivity contribution is -0.0493. The van der Waals surface area contributed by atoms with Gasteiger partial charge in [-0.1, -0.05) is 6.07 Å². The molecule has 3 aromatic rings. The third-order valence-electron chi connectivity index (χ3n) is 3.74. The number of amides is 1. The topological polar surface area (TPSA) is 103 Å². The number of carbonyl (C=O) groups excluding carboxylic acids is 1. The summed E-state index contributed by atoms with van der Waals surface area (Å²) in [7, 11) is 1.51. The molecular formula is C18H18F2N6O3. The second-order valence-corrected chi connectivity index (χ2v) is 5.65. The second-order valence-electron chi connectivity index (χ2n) is 5.65. The summed E-state index contributed by atoms with van der Waals surface area (Å²) < 4.78 is 58.7. The van der Waals surface area contributed by atoms with Gasteiger partial charge in [0.15, 0.2) is 5.69 Å². The molecule has 9 nitrogen and oxygen atoms in total. The zero-order chi connectivity index (χ0) is 23.3. The van der Waals surface area contributed by atoms with Gasteiger partial charge >= 0.3 is 6.61 Å². The quantitative estimate of drug-likeness (QED) is 0.592. The van der Waals surface area contributed by atoms with E-state index in [2.05, 4.69) is 25.3 Å². The summed E-state index contributed by atoms with van der Waals surface area (Å²) in [6.07, 6.45) is 4.46. The number of alkyl halides is 2. The van der Waals surface area contributed by atoms with Crippen molar-refractivity contribution in [3.05, 3.63) is 48.5 Å². The monoisotopic (exact) mass is 407 g/mol. The first-order valence-corrected chi connectivity index (χ1v) is 8.18. The van der Waals surface area contributed by atoms with Gasteiger partial charge in [-0.3, -0.25) is 4.79 Å². The lowest BCUT2D eigenvalue weighted by Crippen LogP contribution is -2.21. The van der Waals surface area contributed by atoms with Crippen LogP contribution < -0.4 is 15.4 Å². The Morgan fingerprint density at radius 1 is 1.31 bits per heavy atom. The Labute approximate surface area is 168 Å². The average molecular weight is 407 g/mol. The minimum atomic E-state index is -3.11. The van der Waals surface area contributed by atoms with Crippen LogP contribution in [0.15, 0.2) is 42.9 Å². The standard InChI is InChI=1S/C18H18F2N6O3/c1-21-17(27)16-14(5-6-22-25-16)24-13-4-3-11(7-15(13)29-18(19)20)12-8-23-26(9-12)10-28-2/h3-9,18H,10H2,1-2H3,(H,21,27)(H,22,24)/i1D3. The van der Waals surface area contributed by atoms with Crippen LogP contribution in [-0.2, 0) is 11.5 Å². The molecule has 29 heavy (non-hydrogen) atoms. The van der Waals surface area contributed by atoms with Crippen molar-refractivity contribution in [1.29, 1.82) is 0 Å². The van der Waals surface area contributed by atoms with Gasteiger partial charge in [-0.05, 0) is 23.8 Å². The number of anilines is 2. The highest BCUT2D eigenvalue weighted by Crippen LogP contribution is 2.34. The Morgan fingerprint density at radius 2 is 2.17 bits per heavy atom. The Balaban J connectivity index is 1.93. The van der Waals surface area contributed by atoms with Crippen LogP contribution >= 0.6 is 0 Å². The Bertz CT molecular complexity index is 1090. The molecule has 0 unspecified atom stereocenters. The van der Waals surface area contributed by atoms with E-state index in [4.69, 9.17) is 8.85 Å². The molecule has 2 aromatic heterocycles. The van der Waals surface area contributed by atoms with E-state index in [0.717, 1.165) is 0 Å². The zero-order valence-electron chi connectivity index (χ0n) is 18.1. The molecule has 0 radical (unpaired) electrons. The molecule has 0 spiro atoms. The van der Waals surface area contributed by atoms with Gasteiger partial charge in [-0.2, -0.15) is 19.0 Å². The molecule has 11 heteroatoms. The van der Waals surface area contributed by atoms with Crippen molar-refractivity contribution in [1.82, 2.24) is 25.3 Å². The number of carbonyl (C=O) groups is 1. The zero-order valence-corrected chi connectivity index (χ0v) is 15.1. The van der Waals surface area contributed by atoms with E-state index in [1.54, 1.807) is 17.6 Å². The minimum absolute atomic E-state index is 0.0431. The molecule has 0 aliphatic heterocycles. The minimum Gasteiger partial charge on any atom is -0.433 e. The number of rotatable bonds is 8. The summed E-state index contributed by atoms with van der Waals surface area (Å²) in [5, 5.41) is 15.9. The predicted octanol–water partition coefficient (Wildman–Crippen LogP) is 2.65. The number of nitrogens with zero attached hydrogens (tertiary/aromatic N) is 4. The molecule has 152 valence electrons. The van der Waals surface area contributed by atoms with Crippen molar-refractivity contribution in [2.75, 3.05) is 19.4 Å². The summed E-state index contributed by atoms with van der Waals surface area (Å²) >= 11 is 0. The van der Waals surface area contributed by atoms with E-state index >= 15 is 0 Å². The molecule has 3 rings (SSSR count). The number of ether oxygens (including phenoxy) is 2. The van der Waals surface area contributed by atoms with Crippen LogP contribution in [0.5, 0.6) is 5.75 Å². The number of halogens is 2. The van der Waals surface area contributed by atoms with Crippen molar-refractivity contribution >= 4 is 17.3 Å². The molecule has 2 N–H and O–H groups in total. The van der Waals surface area contributed by atoms with E-state index in [0.29, 0.717) is 11.1 Å². The first-order chi connectivity index (χ1) is 15.2. The van der Waals surface area contributed by atoms with Crippen LogP contribution in [0.4, 0.5) is 20.2 Å². The highest BCUT2D eigenvalue weighted by atomic mass is 19.3. The van der Waals surface area contributed by atoms with Crippen LogP contribution in [-0.4, -0.2) is 46.6 Å². The third kappa shape index (κ3) is 4.82. The van der Waals surface area contributed by atoms with E-state index in [-0.39, 0.29) is 29.5 Å². The highest BCUT2D eigenvalue weighted by Gasteiger charge is 2.17. The first-order valence-electron chi connectivity index (χ1n) is 9.68. The predicted molar refractivity (Wildman–Crippen MR) is 100 cm³/mol. The largest absolute Gasteiger partial charge is 0.433 e. The van der Waals surface area contributed by atoms with Crippen molar-refractivity contribution in [2.24, 2.45) is 0 Å². The maximum atomic E-state index is 13.0. The first kappa shape index (κ1) is 16.4. The summed E-state index contributed by atoms with van der Waals surface area (Å²) in [5.41, 5.74) is 0.977. The van der Waals surface area contributed by atoms with E-state index in [1.165, 1.54) is 42.4 Å². The second kappa shape index (κ2) is 9.06. The summed E-state index contributed by atoms with van der Waals surface area (Å²) in [4.78, 5) is 12.2. The summed E-state index contributed by atoms with van der Waals surface area (Å²) in [6.45, 7) is -5.64. The van der Waals surface area contributed by atoms with Gasteiger partial charge in [0.25, 0.3) is 5.91 Å². The molecule has 0 fully saturated rings. The number of aromatic nitrogens is 4. The number of hydrogen-bond donors (Lipinski definition) is 2. The Morgan fingerprint density at radius 3 is 2.93 bits per heavy atom. The molecule has 0 bridgehead atoms. The molecule has 1 amide bonds. The fourth-order valence-electron chi connectivity index (χ4n) is 2.52. The third-order valence-corrected chi connectivity index (χ3v) is 3.74. The fraction of sp³-hybridized carbons (Fsp3) is 0.222. The van der Waals surface area contributed by atoms with Crippen LogP contribution in [0.2, 0.25) is 0 Å². The Hall–Kier alpha value is -3.60. The maximum Gasteiger partial charge on any atom is 0.387 e. The average Bonchev–Trinajstić information content (AvgIpc) is 3.17. The van der Waals surface area contributed by atoms with Gasteiger partial charge in [0.2, 0.25) is 0 Å². The Kier molecular flexibility index (Phi) is 5.11. The lowest BCUT2D eigenvalue weighted by atomic mass is 10.1. The van der Waals surface area contributed by atoms with Gasteiger partial charge in [-0.15, -0.1) is 5.10 Å². The van der Waals surface area contributed by atoms with Crippen molar-refractivity contribution < 1.29 is 27.2 Å². The summed E-state index contributed by atoms with van der Waals surface area (Å²) in [5.74, 6) is -1.23. The number of nitrogens with one attached hydrogen (secondary N) is 2. The fourth-order valence-corrected chi connectivity index (χ4v) is 2.52. The molecular weight excluding hydrogens is 386 g/mol. The van der Waals surface area contributed by atoms with Gasteiger partial charge in [0, 0.05) is 30.0 Å². The van der Waals surface area contributed by atoms with Crippen LogP contribution in [0.3, 0.4) is 0 Å². The maximum absolute atomic E-state index is 13.0. The smallest absolute Gasteiger partial charge is 0.387 e. The van der Waals surface area contributed by atoms with E-state index in [1.807, 2.05) is 0 Å². The molecule has 0 aliphatic carbocycles. The molecule has 0 saturated carbocycles. The molecule has 1 aromatic carbocycles. The van der Waals surface area contributed by atoms with Crippen molar-refractivity contribution in [3.63, 3.8) is 0 Å². The van der Waals surface area contributed by atoms with Crippen LogP contribution in [0, 0.1) is 0 Å². The normalized spacial score (nSPS) is 12.8. The number of methoxy groups -OCH3 is 1. The van der Waals surface area contributed by atoms with Gasteiger partial charge in [0.05, 0.1) is 23.8 Å². The number of benzene rings is 1. The van der Waals surface area contributed by atoms with Crippen LogP contribution in [0.1, 0.15) is 14.6 Å². The molecule has 0 saturated heterocycles. The van der Waals surface area contributed by atoms with Crippen molar-refractivity contribution in [2.45, 2.75) is 13.3 Å². The lowest BCUT2D eigenvalue weighted by Gasteiger charge is -2.15. The molecule has 2 heterocycles. The van der Waals surface area contributed by atoms with Gasteiger partial charge in [0.1, 0.15) is 12.5 Å². The van der Waals surface area contributed by atoms with E-state index in [9.17, 15) is 13.6 Å². The SMILES string of the molecule is [2H]C([2H])([2H])NC(=O)c1nnccc1Nc1ccc(-c2cnn(COC)c2)cc1OC(F)F. The molecule has 0 atom stereocenters. The number of hydrogen-bond acceptors (Lipinski definition) is 7. The molecule has 0 aliphatic rings.